The van der Waals surface area contributed by atoms with Gasteiger partial charge in [-0.3, -0.25) is 28.8 Å². The van der Waals surface area contributed by atoms with Crippen LogP contribution in [-0.2, 0) is 35.2 Å². The quantitative estimate of drug-likeness (QED) is 0.101. The average molecular weight is 860 g/mol. The molecule has 5 atom stereocenters. The number of hydrogen-bond donors (Lipinski definition) is 11. The summed E-state index contributed by atoms with van der Waals surface area (Å²) in [6.07, 6.45) is 4.06. The van der Waals surface area contributed by atoms with Gasteiger partial charge < -0.3 is 59.0 Å². The van der Waals surface area contributed by atoms with Gasteiger partial charge in [-0.1, -0.05) is 65.3 Å². The number of aromatic nitrogens is 1. The van der Waals surface area contributed by atoms with Crippen LogP contribution >= 0.6 is 21.6 Å². The Morgan fingerprint density at radius 3 is 2.19 bits per heavy atom. The largest absolute Gasteiger partial charge is 0.508 e. The Bertz CT molecular complexity index is 1780. The molecule has 1 fully saturated rings. The number of aliphatic hydroxyl groups is 1. The number of hydrogen-bond acceptors (Lipinski definition) is 12. The van der Waals surface area contributed by atoms with Crippen molar-refractivity contribution in [1.82, 2.24) is 31.6 Å². The molecule has 0 spiro atoms. The van der Waals surface area contributed by atoms with Crippen LogP contribution in [0.25, 0.3) is 10.9 Å². The van der Waals surface area contributed by atoms with Crippen molar-refractivity contribution in [3.05, 3.63) is 65.9 Å². The number of unbranched alkanes of at least 4 members (excludes halogenated alkanes) is 1. The third kappa shape index (κ3) is 19.7. The van der Waals surface area contributed by atoms with E-state index in [-0.39, 0.29) is 37.5 Å². The lowest BCUT2D eigenvalue weighted by atomic mass is 10.0. The number of aryl methyl sites for hydroxylation is 1. The van der Waals surface area contributed by atoms with Crippen molar-refractivity contribution in [2.45, 2.75) is 96.0 Å². The van der Waals surface area contributed by atoms with Crippen LogP contribution < -0.4 is 43.8 Å². The highest BCUT2D eigenvalue weighted by atomic mass is 33.1. The van der Waals surface area contributed by atoms with Gasteiger partial charge in [0.25, 0.3) is 0 Å². The third-order valence-corrected chi connectivity index (χ3v) is 11.3. The molecule has 3 aromatic rings. The van der Waals surface area contributed by atoms with E-state index in [4.69, 9.17) is 17.2 Å². The number of aromatic hydroxyl groups is 1. The van der Waals surface area contributed by atoms with E-state index in [9.17, 15) is 39.0 Å². The fraction of sp³-hybridized carbons (Fsp3) is 0.500. The molecule has 14 N–H and O–H groups in total. The molecule has 326 valence electrons. The molecule has 1 aliphatic rings. The highest BCUT2D eigenvalue weighted by molar-refractivity contribution is 8.76. The lowest BCUT2D eigenvalue weighted by molar-refractivity contribution is -0.134. The Morgan fingerprint density at radius 1 is 0.881 bits per heavy atom. The third-order valence-electron chi connectivity index (χ3n) is 8.85. The summed E-state index contributed by atoms with van der Waals surface area (Å²) in [5.74, 6) is -2.18. The Hall–Kier alpha value is -4.82. The van der Waals surface area contributed by atoms with Gasteiger partial charge in [0, 0.05) is 48.0 Å². The summed E-state index contributed by atoms with van der Waals surface area (Å²) in [5, 5.41) is 34.0. The topological polar surface area (TPSA) is 297 Å². The van der Waals surface area contributed by atoms with Gasteiger partial charge in [0.05, 0.1) is 18.7 Å². The summed E-state index contributed by atoms with van der Waals surface area (Å²) in [6, 6.07) is 10.8. The second kappa shape index (κ2) is 27.8. The fourth-order valence-corrected chi connectivity index (χ4v) is 7.45. The second-order valence-electron chi connectivity index (χ2n) is 13.8. The maximum Gasteiger partial charge on any atom is 0.245 e. The number of carbonyl (C=O) groups excluding carboxylic acids is 6. The molecule has 19 heteroatoms. The summed E-state index contributed by atoms with van der Waals surface area (Å²) >= 11 is 0. The second-order valence-corrected chi connectivity index (χ2v) is 16.5. The molecule has 4 unspecified atom stereocenters. The van der Waals surface area contributed by atoms with Crippen molar-refractivity contribution in [2.24, 2.45) is 17.2 Å². The van der Waals surface area contributed by atoms with E-state index in [1.165, 1.54) is 57.1 Å². The van der Waals surface area contributed by atoms with E-state index in [0.29, 0.717) is 42.9 Å². The van der Waals surface area contributed by atoms with E-state index < -0.39 is 66.4 Å². The van der Waals surface area contributed by atoms with Gasteiger partial charge in [0.1, 0.15) is 23.9 Å². The molecular formula is C40H61N9O8S2. The number of primary amides is 1. The molecular weight excluding hydrogens is 799 g/mol. The minimum atomic E-state index is -1.23. The number of nitrogens with one attached hydrogen (secondary N) is 6. The average Bonchev–Trinajstić information content (AvgIpc) is 3.59. The number of H-pyrrole nitrogens is 1. The Morgan fingerprint density at radius 2 is 1.56 bits per heavy atom. The van der Waals surface area contributed by atoms with E-state index in [1.807, 2.05) is 19.2 Å². The first-order valence-corrected chi connectivity index (χ1v) is 22.1. The summed E-state index contributed by atoms with van der Waals surface area (Å²) in [6.45, 7) is 5.65. The SMILES string of the molecule is CC(O)C1NC(=O)C(CCCCN)NC(=O)CNC(=O)[C@H](Cc2ccc(O)cc2)NC(=O)CCSSCCNC1=O.CCCC(N)C(N)=O.Cc1c[nH]c2ccccc12. The van der Waals surface area contributed by atoms with Crippen LogP contribution in [-0.4, -0.2) is 112 Å². The highest BCUT2D eigenvalue weighted by Gasteiger charge is 2.30. The fourth-order valence-electron chi connectivity index (χ4n) is 5.55. The summed E-state index contributed by atoms with van der Waals surface area (Å²) < 4.78 is 0. The van der Waals surface area contributed by atoms with Gasteiger partial charge in [-0.05, 0) is 75.4 Å². The van der Waals surface area contributed by atoms with Crippen LogP contribution in [0, 0.1) is 6.92 Å². The molecule has 6 amide bonds. The number of amides is 6. The van der Waals surface area contributed by atoms with Gasteiger partial charge in [-0.25, -0.2) is 0 Å². The van der Waals surface area contributed by atoms with Crippen molar-refractivity contribution < 1.29 is 39.0 Å². The normalized spacial score (nSPS) is 19.8. The van der Waals surface area contributed by atoms with Crippen LogP contribution in [0.15, 0.2) is 54.7 Å². The van der Waals surface area contributed by atoms with E-state index in [1.54, 1.807) is 12.1 Å². The number of phenols is 1. The van der Waals surface area contributed by atoms with Crippen molar-refractivity contribution in [3.63, 3.8) is 0 Å². The van der Waals surface area contributed by atoms with Gasteiger partial charge >= 0.3 is 0 Å². The van der Waals surface area contributed by atoms with Crippen LogP contribution in [0.4, 0.5) is 0 Å². The first kappa shape index (κ1) is 50.3. The highest BCUT2D eigenvalue weighted by Crippen LogP contribution is 2.21. The number of nitrogens with two attached hydrogens (primary N) is 3. The van der Waals surface area contributed by atoms with Crippen molar-refractivity contribution >= 4 is 67.9 Å². The lowest BCUT2D eigenvalue weighted by Crippen LogP contribution is -2.58. The number of rotatable bonds is 10. The van der Waals surface area contributed by atoms with Crippen molar-refractivity contribution in [3.8, 4) is 5.75 Å². The molecule has 17 nitrogen and oxygen atoms in total. The molecule has 2 aromatic carbocycles. The monoisotopic (exact) mass is 859 g/mol. The maximum absolute atomic E-state index is 13.1. The number of fused-ring (bicyclic) bond motifs is 1. The van der Waals surface area contributed by atoms with E-state index in [2.05, 4.69) is 56.7 Å². The maximum atomic E-state index is 13.1. The minimum Gasteiger partial charge on any atom is -0.508 e. The van der Waals surface area contributed by atoms with Crippen LogP contribution in [0.3, 0.4) is 0 Å². The molecule has 0 saturated carbocycles. The first-order valence-electron chi connectivity index (χ1n) is 19.6. The van der Waals surface area contributed by atoms with Crippen molar-refractivity contribution in [2.75, 3.05) is 31.1 Å². The zero-order chi connectivity index (χ0) is 43.7. The number of carbonyl (C=O) groups is 6. The summed E-state index contributed by atoms with van der Waals surface area (Å²) in [4.78, 5) is 77.5. The first-order chi connectivity index (χ1) is 28.2. The molecule has 1 saturated heterocycles. The lowest BCUT2D eigenvalue weighted by Gasteiger charge is -2.25. The Balaban J connectivity index is 0.000000539. The number of aliphatic hydroxyl groups excluding tert-OH is 1. The van der Waals surface area contributed by atoms with Gasteiger partial charge in [-0.2, -0.15) is 0 Å². The number of benzene rings is 2. The zero-order valence-corrected chi connectivity index (χ0v) is 35.6. The van der Waals surface area contributed by atoms with Gasteiger partial charge in [-0.15, -0.1) is 0 Å². The van der Waals surface area contributed by atoms with E-state index >= 15 is 0 Å². The molecule has 59 heavy (non-hydrogen) atoms. The summed E-state index contributed by atoms with van der Waals surface area (Å²) in [5.41, 5.74) is 18.9. The minimum absolute atomic E-state index is 0.0639. The number of aromatic amines is 1. The standard InChI is InChI=1S/C26H40N6O7S2.C9H9N.C5H12N2O/c1-16(33)23-26(39)28-11-13-41-40-12-9-21(35)31-20(14-17-5-7-18(34)8-6-17)24(37)29-15-22(36)30-19(25(38)32-23)4-2-3-10-27;1-7-6-10-9-5-3-2-4-8(7)9;1-2-3-4(6)5(7)8/h5-8,16,19-20,23,33-34H,2-4,9-15,27H2,1H3,(H,28,39)(H,29,37)(H,30,36)(H,31,35)(H,32,38);2-6,10H,1H3;4H,2-3,6H2,1H3,(H2,7,8)/t16?,19?,20-,23?;;/m0../s1. The molecule has 1 aromatic heterocycles. The summed E-state index contributed by atoms with van der Waals surface area (Å²) in [7, 11) is 2.87. The predicted molar refractivity (Wildman–Crippen MR) is 233 cm³/mol. The Labute approximate surface area is 353 Å². The number of phenolic OH excluding ortho intramolecular Hbond substituents is 1. The zero-order valence-electron chi connectivity index (χ0n) is 34.0. The molecule has 0 radical (unpaired) electrons. The smallest absolute Gasteiger partial charge is 0.245 e. The number of para-hydroxylation sites is 1. The Kier molecular flexibility index (Phi) is 23.7. The van der Waals surface area contributed by atoms with Gasteiger partial charge in [0.15, 0.2) is 0 Å². The molecule has 0 bridgehead atoms. The molecule has 2 heterocycles. The van der Waals surface area contributed by atoms with Crippen LogP contribution in [0.1, 0.15) is 63.5 Å². The van der Waals surface area contributed by atoms with Gasteiger partial charge in [0.2, 0.25) is 35.4 Å². The molecule has 4 rings (SSSR count). The predicted octanol–water partition coefficient (Wildman–Crippen LogP) is 0.992. The van der Waals surface area contributed by atoms with E-state index in [0.717, 1.165) is 6.42 Å². The molecule has 1 aliphatic heterocycles. The van der Waals surface area contributed by atoms with Crippen molar-refractivity contribution in [1.29, 1.82) is 0 Å². The van der Waals surface area contributed by atoms with Crippen LogP contribution in [0.5, 0.6) is 5.75 Å². The van der Waals surface area contributed by atoms with Crippen LogP contribution in [0.2, 0.25) is 0 Å². The molecule has 0 aliphatic carbocycles.